The van der Waals surface area contributed by atoms with E-state index in [1.807, 2.05) is 61.5 Å². The van der Waals surface area contributed by atoms with Gasteiger partial charge in [0.15, 0.2) is 6.61 Å². The predicted octanol–water partition coefficient (Wildman–Crippen LogP) is 5.28. The topological polar surface area (TPSA) is 58.6 Å². The molecule has 0 saturated heterocycles. The second-order valence-corrected chi connectivity index (χ2v) is 9.78. The number of hydrogen-bond acceptors (Lipinski definition) is 3. The maximum Gasteiger partial charge on any atom is 0.261 e. The van der Waals surface area contributed by atoms with Gasteiger partial charge in [0, 0.05) is 25.1 Å². The Hall–Kier alpha value is -3.67. The van der Waals surface area contributed by atoms with Gasteiger partial charge in [-0.15, -0.1) is 0 Å². The molecule has 3 rings (SSSR count). The first-order valence-corrected chi connectivity index (χ1v) is 12.3. The van der Waals surface area contributed by atoms with Crippen molar-refractivity contribution >= 4 is 11.8 Å². The molecule has 0 radical (unpaired) electrons. The number of nitrogens with one attached hydrogen (secondary N) is 1. The molecular formula is C30H35FN2O3. The molecule has 3 aromatic carbocycles. The highest BCUT2D eigenvalue weighted by Gasteiger charge is 2.31. The molecule has 2 amide bonds. The first-order valence-electron chi connectivity index (χ1n) is 12.3. The molecule has 0 aliphatic rings. The van der Waals surface area contributed by atoms with Crippen molar-refractivity contribution < 1.29 is 18.7 Å². The molecule has 1 N–H and O–H groups in total. The first-order chi connectivity index (χ1) is 17.2. The van der Waals surface area contributed by atoms with Crippen LogP contribution in [0.5, 0.6) is 5.75 Å². The Morgan fingerprint density at radius 3 is 2.19 bits per heavy atom. The summed E-state index contributed by atoms with van der Waals surface area (Å²) < 4.78 is 20.4. The molecule has 6 heteroatoms. The van der Waals surface area contributed by atoms with Gasteiger partial charge in [-0.25, -0.2) is 4.39 Å². The van der Waals surface area contributed by atoms with E-state index in [1.54, 1.807) is 18.2 Å². The Balaban J connectivity index is 1.86. The Labute approximate surface area is 213 Å². The third-order valence-corrected chi connectivity index (χ3v) is 6.00. The average Bonchev–Trinajstić information content (AvgIpc) is 2.86. The first kappa shape index (κ1) is 26.9. The fourth-order valence-electron chi connectivity index (χ4n) is 3.94. The van der Waals surface area contributed by atoms with Crippen LogP contribution in [0.15, 0.2) is 78.9 Å². The minimum Gasteiger partial charge on any atom is -0.484 e. The number of carbonyl (C=O) groups excluding carboxylic acids is 2. The minimum atomic E-state index is -0.827. The SMILES string of the molecule is CCNC(=O)[C@H](Cc1ccccc1)N(Cc1ccccc1F)C(=O)COc1ccc(C(C)(C)C)cc1. The number of carbonyl (C=O) groups is 2. The molecule has 5 nitrogen and oxygen atoms in total. The summed E-state index contributed by atoms with van der Waals surface area (Å²) >= 11 is 0. The number of rotatable bonds is 10. The van der Waals surface area contributed by atoms with Gasteiger partial charge in [-0.2, -0.15) is 0 Å². The number of amides is 2. The van der Waals surface area contributed by atoms with Crippen molar-refractivity contribution in [3.05, 3.63) is 101 Å². The van der Waals surface area contributed by atoms with E-state index < -0.39 is 17.8 Å². The molecule has 1 atom stereocenters. The van der Waals surface area contributed by atoms with E-state index in [0.717, 1.165) is 11.1 Å². The summed E-state index contributed by atoms with van der Waals surface area (Å²) in [6.07, 6.45) is 0.299. The van der Waals surface area contributed by atoms with Crippen molar-refractivity contribution in [3.8, 4) is 5.75 Å². The summed E-state index contributed by atoms with van der Waals surface area (Å²) in [5.41, 5.74) is 2.39. The number of benzene rings is 3. The van der Waals surface area contributed by atoms with Gasteiger partial charge in [0.2, 0.25) is 5.91 Å². The second-order valence-electron chi connectivity index (χ2n) is 9.78. The van der Waals surface area contributed by atoms with E-state index in [9.17, 15) is 14.0 Å². The van der Waals surface area contributed by atoms with Crippen LogP contribution in [-0.2, 0) is 28.0 Å². The fourth-order valence-corrected chi connectivity index (χ4v) is 3.94. The summed E-state index contributed by atoms with van der Waals surface area (Å²) in [5, 5.41) is 2.83. The Kier molecular flexibility index (Phi) is 9.23. The summed E-state index contributed by atoms with van der Waals surface area (Å²) in [6.45, 7) is 8.30. The van der Waals surface area contributed by atoms with Crippen molar-refractivity contribution in [2.24, 2.45) is 0 Å². The van der Waals surface area contributed by atoms with Crippen LogP contribution in [0.25, 0.3) is 0 Å². The van der Waals surface area contributed by atoms with Crippen LogP contribution in [0.2, 0.25) is 0 Å². The van der Waals surface area contributed by atoms with Crippen molar-refractivity contribution in [1.82, 2.24) is 10.2 Å². The van der Waals surface area contributed by atoms with Gasteiger partial charge in [0.05, 0.1) is 0 Å². The van der Waals surface area contributed by atoms with Gasteiger partial charge < -0.3 is 15.0 Å². The largest absolute Gasteiger partial charge is 0.484 e. The molecule has 0 spiro atoms. The normalized spacial score (nSPS) is 12.0. The summed E-state index contributed by atoms with van der Waals surface area (Å²) in [7, 11) is 0. The standard InChI is InChI=1S/C30H35FN2O3/c1-5-32-29(35)27(19-22-11-7-6-8-12-22)33(20-23-13-9-10-14-26(23)31)28(34)21-36-25-17-15-24(16-18-25)30(2,3)4/h6-18,27H,5,19-21H2,1-4H3,(H,32,35)/t27-/m0/s1. The molecule has 0 aliphatic heterocycles. The van der Waals surface area contributed by atoms with Gasteiger partial charge >= 0.3 is 0 Å². The van der Waals surface area contributed by atoms with Gasteiger partial charge in [0.25, 0.3) is 5.91 Å². The highest BCUT2D eigenvalue weighted by molar-refractivity contribution is 5.88. The van der Waals surface area contributed by atoms with Crippen LogP contribution in [0, 0.1) is 5.82 Å². The van der Waals surface area contributed by atoms with Crippen LogP contribution in [0.1, 0.15) is 44.4 Å². The van der Waals surface area contributed by atoms with Crippen molar-refractivity contribution in [1.29, 1.82) is 0 Å². The molecule has 3 aromatic rings. The average molecular weight is 491 g/mol. The lowest BCUT2D eigenvalue weighted by atomic mass is 9.87. The zero-order chi connectivity index (χ0) is 26.1. The second kappa shape index (κ2) is 12.3. The number of nitrogens with zero attached hydrogens (tertiary/aromatic N) is 1. The van der Waals surface area contributed by atoms with Crippen LogP contribution in [0.3, 0.4) is 0 Å². The molecule has 190 valence electrons. The lowest BCUT2D eigenvalue weighted by Gasteiger charge is -2.31. The molecular weight excluding hydrogens is 455 g/mol. The summed E-state index contributed by atoms with van der Waals surface area (Å²) in [4.78, 5) is 28.0. The summed E-state index contributed by atoms with van der Waals surface area (Å²) in [5.74, 6) is -0.561. The maximum absolute atomic E-state index is 14.6. The quantitative estimate of drug-likeness (QED) is 0.421. The van der Waals surface area contributed by atoms with Crippen molar-refractivity contribution in [3.63, 3.8) is 0 Å². The molecule has 0 fully saturated rings. The van der Waals surface area contributed by atoms with E-state index in [2.05, 4.69) is 26.1 Å². The lowest BCUT2D eigenvalue weighted by Crippen LogP contribution is -2.51. The third-order valence-electron chi connectivity index (χ3n) is 6.00. The fraction of sp³-hybridized carbons (Fsp3) is 0.333. The van der Waals surface area contributed by atoms with Crippen LogP contribution in [-0.4, -0.2) is 35.9 Å². The number of ether oxygens (including phenoxy) is 1. The monoisotopic (exact) mass is 490 g/mol. The van der Waals surface area contributed by atoms with Crippen molar-refractivity contribution in [2.45, 2.75) is 52.1 Å². The summed E-state index contributed by atoms with van der Waals surface area (Å²) in [6, 6.07) is 22.6. The molecule has 36 heavy (non-hydrogen) atoms. The molecule has 0 aromatic heterocycles. The zero-order valence-corrected chi connectivity index (χ0v) is 21.5. The Bertz CT molecular complexity index is 1140. The van der Waals surface area contributed by atoms with E-state index >= 15 is 0 Å². The third kappa shape index (κ3) is 7.41. The molecule has 0 heterocycles. The van der Waals surface area contributed by atoms with E-state index in [0.29, 0.717) is 24.3 Å². The van der Waals surface area contributed by atoms with Crippen LogP contribution in [0.4, 0.5) is 4.39 Å². The zero-order valence-electron chi connectivity index (χ0n) is 21.5. The number of likely N-dealkylation sites (N-methyl/N-ethyl adjacent to an activating group) is 1. The predicted molar refractivity (Wildman–Crippen MR) is 140 cm³/mol. The Morgan fingerprint density at radius 2 is 1.58 bits per heavy atom. The lowest BCUT2D eigenvalue weighted by molar-refractivity contribution is -0.142. The van der Waals surface area contributed by atoms with E-state index in [1.165, 1.54) is 11.0 Å². The van der Waals surface area contributed by atoms with E-state index in [4.69, 9.17) is 4.74 Å². The van der Waals surface area contributed by atoms with Gasteiger partial charge in [0.1, 0.15) is 17.6 Å². The molecule has 0 bridgehead atoms. The van der Waals surface area contributed by atoms with Crippen molar-refractivity contribution in [2.75, 3.05) is 13.2 Å². The smallest absolute Gasteiger partial charge is 0.261 e. The van der Waals surface area contributed by atoms with Crippen LogP contribution >= 0.6 is 0 Å². The number of halogens is 1. The molecule has 0 aliphatic carbocycles. The van der Waals surface area contributed by atoms with E-state index in [-0.39, 0.29) is 24.5 Å². The highest BCUT2D eigenvalue weighted by Crippen LogP contribution is 2.24. The van der Waals surface area contributed by atoms with Gasteiger partial charge in [-0.3, -0.25) is 9.59 Å². The molecule has 0 unspecified atom stereocenters. The molecule has 0 saturated carbocycles. The van der Waals surface area contributed by atoms with Gasteiger partial charge in [-0.05, 0) is 41.7 Å². The highest BCUT2D eigenvalue weighted by atomic mass is 19.1. The minimum absolute atomic E-state index is 0.00219. The van der Waals surface area contributed by atoms with Gasteiger partial charge in [-0.1, -0.05) is 81.4 Å². The van der Waals surface area contributed by atoms with Crippen LogP contribution < -0.4 is 10.1 Å². The number of hydrogen-bond donors (Lipinski definition) is 1. The Morgan fingerprint density at radius 1 is 0.944 bits per heavy atom. The maximum atomic E-state index is 14.6.